The number of urea groups is 1. The van der Waals surface area contributed by atoms with Gasteiger partial charge in [0.05, 0.1) is 24.2 Å². The number of hydroxylamine groups is 1. The van der Waals surface area contributed by atoms with Crippen molar-refractivity contribution in [2.24, 2.45) is 0 Å². The van der Waals surface area contributed by atoms with Crippen LogP contribution in [0.5, 0.6) is 0 Å². The lowest BCUT2D eigenvalue weighted by molar-refractivity contribution is -0.140. The highest BCUT2D eigenvalue weighted by Gasteiger charge is 2.26. The van der Waals surface area contributed by atoms with Crippen molar-refractivity contribution < 1.29 is 23.6 Å². The number of carbonyl (C=O) groups is 3. The third-order valence-electron chi connectivity index (χ3n) is 7.25. The number of nitrogens with one attached hydrogen (secondary N) is 2. The summed E-state index contributed by atoms with van der Waals surface area (Å²) in [5.74, 6) is -0.906. The van der Waals surface area contributed by atoms with Gasteiger partial charge in [-0.3, -0.25) is 24.3 Å². The van der Waals surface area contributed by atoms with Crippen LogP contribution in [0.1, 0.15) is 36.5 Å². The van der Waals surface area contributed by atoms with Crippen LogP contribution < -0.4 is 10.9 Å². The first-order valence-corrected chi connectivity index (χ1v) is 14.0. The predicted octanol–water partition coefficient (Wildman–Crippen LogP) is 3.38. The van der Waals surface area contributed by atoms with E-state index in [1.54, 1.807) is 12.3 Å². The Morgan fingerprint density at radius 2 is 1.85 bits per heavy atom. The van der Waals surface area contributed by atoms with E-state index in [1.807, 2.05) is 42.3 Å². The van der Waals surface area contributed by atoms with Crippen molar-refractivity contribution in [2.75, 3.05) is 39.8 Å². The van der Waals surface area contributed by atoms with Crippen LogP contribution in [0, 0.1) is 5.82 Å². The predicted molar refractivity (Wildman–Crippen MR) is 153 cm³/mol. The monoisotopic (exact) mass is 586 g/mol. The number of rotatable bonds is 10. The Hall–Kier alpha value is -3.51. The molecule has 4 rings (SSSR count). The van der Waals surface area contributed by atoms with Crippen LogP contribution in [-0.4, -0.2) is 83.4 Å². The number of benzene rings is 2. The number of piperazine rings is 1. The maximum absolute atomic E-state index is 14.0. The summed E-state index contributed by atoms with van der Waals surface area (Å²) in [7, 11) is 2.02. The molecule has 1 fully saturated rings. The maximum Gasteiger partial charge on any atom is 0.345 e. The van der Waals surface area contributed by atoms with E-state index in [-0.39, 0.29) is 42.8 Å². The normalized spacial score (nSPS) is 15.8. The fraction of sp³-hybridized carbons (Fsp3) is 0.414. The first-order chi connectivity index (χ1) is 19.7. The molecule has 2 aliphatic heterocycles. The van der Waals surface area contributed by atoms with Crippen LogP contribution in [0.2, 0.25) is 5.02 Å². The molecular formula is C29H36ClFN6O4. The fourth-order valence-corrected chi connectivity index (χ4v) is 4.98. The molecule has 1 atom stereocenters. The van der Waals surface area contributed by atoms with Crippen molar-refractivity contribution in [3.05, 3.63) is 76.2 Å². The van der Waals surface area contributed by atoms with E-state index in [0.29, 0.717) is 25.2 Å². The van der Waals surface area contributed by atoms with Gasteiger partial charge in [0.1, 0.15) is 5.82 Å². The van der Waals surface area contributed by atoms with Gasteiger partial charge in [-0.2, -0.15) is 0 Å². The zero-order valence-electron chi connectivity index (χ0n) is 23.3. The minimum atomic E-state index is -0.617. The van der Waals surface area contributed by atoms with Gasteiger partial charge in [0.2, 0.25) is 11.8 Å². The van der Waals surface area contributed by atoms with E-state index in [2.05, 4.69) is 15.8 Å². The smallest absolute Gasteiger partial charge is 0.340 e. The van der Waals surface area contributed by atoms with Gasteiger partial charge in [0.15, 0.2) is 0 Å². The van der Waals surface area contributed by atoms with Crippen LogP contribution in [0.3, 0.4) is 0 Å². The van der Waals surface area contributed by atoms with Crippen LogP contribution >= 0.6 is 11.6 Å². The number of nitrogens with zero attached hydrogens (tertiary/aromatic N) is 4. The third-order valence-corrected chi connectivity index (χ3v) is 7.67. The highest BCUT2D eigenvalue weighted by atomic mass is 35.5. The molecule has 2 aromatic carbocycles. The number of amides is 4. The average Bonchev–Trinajstić information content (AvgIpc) is 2.97. The molecule has 12 heteroatoms. The van der Waals surface area contributed by atoms with Gasteiger partial charge < -0.3 is 9.80 Å². The van der Waals surface area contributed by atoms with Gasteiger partial charge in [-0.05, 0) is 42.3 Å². The maximum atomic E-state index is 14.0. The van der Waals surface area contributed by atoms with Gasteiger partial charge in [0, 0.05) is 52.3 Å². The second kappa shape index (κ2) is 14.4. The number of hydrazine groups is 1. The van der Waals surface area contributed by atoms with Crippen molar-refractivity contribution in [1.29, 1.82) is 0 Å². The summed E-state index contributed by atoms with van der Waals surface area (Å²) >= 11 is 6.10. The van der Waals surface area contributed by atoms with Crippen molar-refractivity contribution in [2.45, 2.75) is 38.9 Å². The van der Waals surface area contributed by atoms with Crippen LogP contribution in [0.4, 0.5) is 9.18 Å². The summed E-state index contributed by atoms with van der Waals surface area (Å²) in [5.41, 5.74) is 7.99. The Balaban J connectivity index is 1.39. The van der Waals surface area contributed by atoms with Crippen LogP contribution in [0.15, 0.2) is 48.7 Å². The molecule has 0 spiro atoms. The summed E-state index contributed by atoms with van der Waals surface area (Å²) in [6, 6.07) is 11.2. The molecule has 2 aromatic rings. The van der Waals surface area contributed by atoms with E-state index < -0.39 is 17.9 Å². The molecule has 0 aliphatic carbocycles. The molecule has 2 aliphatic rings. The SMILES string of the molecule is CC(=O)N(NCc1cccc(F)c1Cl)[C@@H](CCC(=O)N1CCN(C)CC1)CONC(=O)N1C=Cc2ccccc2C1. The molecule has 220 valence electrons. The highest BCUT2D eigenvalue weighted by Crippen LogP contribution is 2.21. The number of hydrogen-bond donors (Lipinski definition) is 2. The minimum absolute atomic E-state index is 0.0130. The Labute approximate surface area is 244 Å². The molecule has 2 heterocycles. The molecule has 0 radical (unpaired) electrons. The number of fused-ring (bicyclic) bond motifs is 1. The van der Waals surface area contributed by atoms with Crippen molar-refractivity contribution in [3.63, 3.8) is 0 Å². The van der Waals surface area contributed by atoms with E-state index in [1.165, 1.54) is 29.0 Å². The van der Waals surface area contributed by atoms with Crippen LogP contribution in [-0.2, 0) is 27.5 Å². The second-order valence-electron chi connectivity index (χ2n) is 10.2. The molecule has 0 bridgehead atoms. The Morgan fingerprint density at radius 1 is 1.10 bits per heavy atom. The van der Waals surface area contributed by atoms with Crippen molar-refractivity contribution in [1.82, 2.24) is 30.6 Å². The zero-order valence-corrected chi connectivity index (χ0v) is 24.1. The van der Waals surface area contributed by atoms with Gasteiger partial charge in [-0.25, -0.2) is 20.1 Å². The van der Waals surface area contributed by atoms with E-state index in [4.69, 9.17) is 16.4 Å². The molecule has 41 heavy (non-hydrogen) atoms. The van der Waals surface area contributed by atoms with Gasteiger partial charge in [0.25, 0.3) is 0 Å². The Bertz CT molecular complexity index is 1270. The number of hydrogen-bond acceptors (Lipinski definition) is 6. The summed E-state index contributed by atoms with van der Waals surface area (Å²) in [4.78, 5) is 49.5. The fourth-order valence-electron chi connectivity index (χ4n) is 4.79. The van der Waals surface area contributed by atoms with E-state index >= 15 is 0 Å². The first-order valence-electron chi connectivity index (χ1n) is 13.6. The van der Waals surface area contributed by atoms with Crippen molar-refractivity contribution in [3.8, 4) is 0 Å². The molecule has 1 saturated heterocycles. The van der Waals surface area contributed by atoms with Gasteiger partial charge in [-0.1, -0.05) is 48.0 Å². The standard InChI is InChI=1S/C29H36ClFN6O4/c1-21(38)37(32-18-23-8-5-9-26(31)28(23)30)25(10-11-27(39)35-16-14-34(2)15-17-35)20-41-33-29(40)36-13-12-22-6-3-4-7-24(22)19-36/h3-9,12-13,25,32H,10-11,14-20H2,1-2H3,(H,33,40)/t25-/m0/s1. The average molecular weight is 587 g/mol. The summed E-state index contributed by atoms with van der Waals surface area (Å²) in [6.07, 6.45) is 3.99. The zero-order chi connectivity index (χ0) is 29.4. The summed E-state index contributed by atoms with van der Waals surface area (Å²) < 4.78 is 14.0. The first kappa shape index (κ1) is 30.4. The quantitative estimate of drug-likeness (QED) is 0.414. The van der Waals surface area contributed by atoms with E-state index in [0.717, 1.165) is 24.2 Å². The molecule has 0 unspecified atom stereocenters. The Morgan fingerprint density at radius 3 is 2.61 bits per heavy atom. The molecule has 0 saturated carbocycles. The molecule has 10 nitrogen and oxygen atoms in total. The number of likely N-dealkylation sites (N-methyl/N-ethyl adjacent to an activating group) is 1. The highest BCUT2D eigenvalue weighted by molar-refractivity contribution is 6.31. The number of halogens is 2. The lowest BCUT2D eigenvalue weighted by Gasteiger charge is -2.34. The number of carbonyl (C=O) groups excluding carboxylic acids is 3. The largest absolute Gasteiger partial charge is 0.345 e. The Kier molecular flexibility index (Phi) is 10.7. The molecule has 2 N–H and O–H groups in total. The molecule has 4 amide bonds. The lowest BCUT2D eigenvalue weighted by atomic mass is 10.0. The third kappa shape index (κ3) is 8.26. The van der Waals surface area contributed by atoms with Gasteiger partial charge in [-0.15, -0.1) is 0 Å². The topological polar surface area (TPSA) is 97.5 Å². The van der Waals surface area contributed by atoms with Crippen molar-refractivity contribution >= 4 is 35.5 Å². The molecule has 0 aromatic heterocycles. The second-order valence-corrected chi connectivity index (χ2v) is 10.6. The van der Waals surface area contributed by atoms with E-state index in [9.17, 15) is 18.8 Å². The minimum Gasteiger partial charge on any atom is -0.340 e. The molecular weight excluding hydrogens is 551 g/mol. The summed E-state index contributed by atoms with van der Waals surface area (Å²) in [5, 5.41) is 1.31. The van der Waals surface area contributed by atoms with Gasteiger partial charge >= 0.3 is 6.03 Å². The lowest BCUT2D eigenvalue weighted by Crippen LogP contribution is -2.52. The van der Waals surface area contributed by atoms with Crippen LogP contribution in [0.25, 0.3) is 6.08 Å². The summed E-state index contributed by atoms with van der Waals surface area (Å²) in [6.45, 7) is 4.65.